The van der Waals surface area contributed by atoms with Crippen molar-refractivity contribution in [1.29, 1.82) is 0 Å². The third kappa shape index (κ3) is 1.98. The van der Waals surface area contributed by atoms with Crippen molar-refractivity contribution in [2.24, 2.45) is 5.92 Å². The highest BCUT2D eigenvalue weighted by Crippen LogP contribution is 2.40. The standard InChI is InChI=1S/C17H18N2O2/c20-17(21)12-7-8-19(10-12)15-9-18-14-6-5-11-3-1-2-4-13(11)16(14)15/h1-6,12,15,18H,7-10H2,(H,20,21). The topological polar surface area (TPSA) is 52.6 Å². The largest absolute Gasteiger partial charge is 0.481 e. The second-order valence-electron chi connectivity index (χ2n) is 5.96. The summed E-state index contributed by atoms with van der Waals surface area (Å²) in [6.45, 7) is 2.39. The molecule has 0 saturated carbocycles. The Morgan fingerprint density at radius 1 is 1.24 bits per heavy atom. The number of rotatable bonds is 2. The lowest BCUT2D eigenvalue weighted by atomic mass is 9.99. The van der Waals surface area contributed by atoms with E-state index in [-0.39, 0.29) is 12.0 Å². The number of carboxylic acids is 1. The zero-order valence-corrected chi connectivity index (χ0v) is 11.7. The molecule has 0 spiro atoms. The summed E-state index contributed by atoms with van der Waals surface area (Å²) in [5.74, 6) is -0.884. The van der Waals surface area contributed by atoms with E-state index in [2.05, 4.69) is 46.6 Å². The van der Waals surface area contributed by atoms with Gasteiger partial charge in [-0.2, -0.15) is 0 Å². The van der Waals surface area contributed by atoms with Gasteiger partial charge in [0.1, 0.15) is 0 Å². The third-order valence-corrected chi connectivity index (χ3v) is 4.80. The summed E-state index contributed by atoms with van der Waals surface area (Å²) in [6, 6.07) is 13.0. The van der Waals surface area contributed by atoms with Gasteiger partial charge < -0.3 is 10.4 Å². The molecule has 2 aromatic carbocycles. The minimum Gasteiger partial charge on any atom is -0.481 e. The molecule has 0 bridgehead atoms. The minimum absolute atomic E-state index is 0.218. The maximum Gasteiger partial charge on any atom is 0.307 e. The smallest absolute Gasteiger partial charge is 0.307 e. The van der Waals surface area contributed by atoms with Crippen molar-refractivity contribution >= 4 is 22.4 Å². The Labute approximate surface area is 123 Å². The molecule has 2 heterocycles. The van der Waals surface area contributed by atoms with Crippen LogP contribution in [0.3, 0.4) is 0 Å². The van der Waals surface area contributed by atoms with E-state index in [4.69, 9.17) is 0 Å². The highest BCUT2D eigenvalue weighted by Gasteiger charge is 2.36. The first kappa shape index (κ1) is 12.7. The first-order valence-electron chi connectivity index (χ1n) is 7.46. The van der Waals surface area contributed by atoms with Gasteiger partial charge in [0.25, 0.3) is 0 Å². The first-order valence-corrected chi connectivity index (χ1v) is 7.46. The fourth-order valence-corrected chi connectivity index (χ4v) is 3.70. The van der Waals surface area contributed by atoms with Crippen LogP contribution in [-0.4, -0.2) is 35.6 Å². The molecule has 0 aromatic heterocycles. The molecule has 2 aromatic rings. The predicted molar refractivity (Wildman–Crippen MR) is 82.5 cm³/mol. The summed E-state index contributed by atoms with van der Waals surface area (Å²) in [6.07, 6.45) is 0.756. The van der Waals surface area contributed by atoms with Gasteiger partial charge in [-0.1, -0.05) is 30.3 Å². The number of aliphatic carboxylic acids is 1. The van der Waals surface area contributed by atoms with Crippen LogP contribution in [0.5, 0.6) is 0 Å². The van der Waals surface area contributed by atoms with Crippen molar-refractivity contribution in [3.63, 3.8) is 0 Å². The van der Waals surface area contributed by atoms with Gasteiger partial charge in [0.2, 0.25) is 0 Å². The second-order valence-corrected chi connectivity index (χ2v) is 5.96. The number of nitrogens with zero attached hydrogens (tertiary/aromatic N) is 1. The predicted octanol–water partition coefficient (Wildman–Crippen LogP) is 2.71. The van der Waals surface area contributed by atoms with Crippen molar-refractivity contribution in [3.8, 4) is 0 Å². The number of hydrogen-bond donors (Lipinski definition) is 2. The van der Waals surface area contributed by atoms with Crippen molar-refractivity contribution in [2.75, 3.05) is 25.0 Å². The molecule has 0 amide bonds. The number of carboxylic acid groups (broad SMARTS) is 1. The Kier molecular flexibility index (Phi) is 2.86. The van der Waals surface area contributed by atoms with E-state index in [0.717, 1.165) is 19.5 Å². The van der Waals surface area contributed by atoms with Crippen LogP contribution in [0.4, 0.5) is 5.69 Å². The fourth-order valence-electron chi connectivity index (χ4n) is 3.70. The molecule has 4 nitrogen and oxygen atoms in total. The number of carbonyl (C=O) groups is 1. The van der Waals surface area contributed by atoms with Gasteiger partial charge in [-0.05, 0) is 29.8 Å². The fraction of sp³-hybridized carbons (Fsp3) is 0.353. The lowest BCUT2D eigenvalue weighted by Crippen LogP contribution is -2.29. The third-order valence-electron chi connectivity index (χ3n) is 4.80. The molecule has 1 fully saturated rings. The number of fused-ring (bicyclic) bond motifs is 3. The van der Waals surface area contributed by atoms with Crippen LogP contribution in [0.15, 0.2) is 36.4 Å². The van der Waals surface area contributed by atoms with Crippen LogP contribution < -0.4 is 5.32 Å². The Bertz CT molecular complexity index is 713. The van der Waals surface area contributed by atoms with Crippen LogP contribution in [-0.2, 0) is 4.79 Å². The highest BCUT2D eigenvalue weighted by atomic mass is 16.4. The van der Waals surface area contributed by atoms with Crippen molar-refractivity contribution in [2.45, 2.75) is 12.5 Å². The Hall–Kier alpha value is -2.07. The zero-order chi connectivity index (χ0) is 14.4. The second kappa shape index (κ2) is 4.74. The number of benzene rings is 2. The average molecular weight is 282 g/mol. The van der Waals surface area contributed by atoms with Crippen LogP contribution in [0.1, 0.15) is 18.0 Å². The lowest BCUT2D eigenvalue weighted by molar-refractivity contribution is -0.141. The van der Waals surface area contributed by atoms with E-state index in [1.165, 1.54) is 22.0 Å². The Balaban J connectivity index is 1.73. The molecule has 4 heteroatoms. The molecule has 108 valence electrons. The van der Waals surface area contributed by atoms with E-state index in [1.807, 2.05) is 0 Å². The van der Waals surface area contributed by atoms with E-state index in [1.54, 1.807) is 0 Å². The van der Waals surface area contributed by atoms with E-state index < -0.39 is 5.97 Å². The summed E-state index contributed by atoms with van der Waals surface area (Å²) in [4.78, 5) is 13.5. The summed E-state index contributed by atoms with van der Waals surface area (Å²) in [5.41, 5.74) is 2.52. The van der Waals surface area contributed by atoms with Gasteiger partial charge in [-0.15, -0.1) is 0 Å². The van der Waals surface area contributed by atoms with Gasteiger partial charge in [0, 0.05) is 24.3 Å². The average Bonchev–Trinajstić information content (AvgIpc) is 3.13. The van der Waals surface area contributed by atoms with Crippen LogP contribution in [0, 0.1) is 5.92 Å². The monoisotopic (exact) mass is 282 g/mol. The van der Waals surface area contributed by atoms with Crippen molar-refractivity contribution in [1.82, 2.24) is 4.90 Å². The molecular weight excluding hydrogens is 264 g/mol. The van der Waals surface area contributed by atoms with Gasteiger partial charge in [-0.25, -0.2) is 0 Å². The Morgan fingerprint density at radius 2 is 2.10 bits per heavy atom. The first-order chi connectivity index (χ1) is 10.2. The van der Waals surface area contributed by atoms with Gasteiger partial charge in [-0.3, -0.25) is 9.69 Å². The highest BCUT2D eigenvalue weighted by molar-refractivity contribution is 5.91. The number of anilines is 1. The molecule has 0 aliphatic carbocycles. The molecule has 2 unspecified atom stereocenters. The summed E-state index contributed by atoms with van der Waals surface area (Å²) < 4.78 is 0. The quantitative estimate of drug-likeness (QED) is 0.889. The molecule has 2 aliphatic heterocycles. The molecule has 1 saturated heterocycles. The summed E-state index contributed by atoms with van der Waals surface area (Å²) in [7, 11) is 0. The van der Waals surface area contributed by atoms with Gasteiger partial charge in [0.05, 0.1) is 12.0 Å². The van der Waals surface area contributed by atoms with Crippen molar-refractivity contribution in [3.05, 3.63) is 42.0 Å². The molecule has 21 heavy (non-hydrogen) atoms. The maximum absolute atomic E-state index is 11.2. The Morgan fingerprint density at radius 3 is 2.90 bits per heavy atom. The minimum atomic E-state index is -0.665. The SMILES string of the molecule is O=C(O)C1CCN(C2CNc3ccc4ccccc4c32)C1. The molecule has 2 N–H and O–H groups in total. The molecule has 4 rings (SSSR count). The summed E-state index contributed by atoms with van der Waals surface area (Å²) >= 11 is 0. The van der Waals surface area contributed by atoms with Gasteiger partial charge in [0.15, 0.2) is 0 Å². The summed E-state index contributed by atoms with van der Waals surface area (Å²) in [5, 5.41) is 15.2. The van der Waals surface area contributed by atoms with Gasteiger partial charge >= 0.3 is 5.97 Å². The van der Waals surface area contributed by atoms with Crippen LogP contribution in [0.25, 0.3) is 10.8 Å². The van der Waals surface area contributed by atoms with E-state index in [9.17, 15) is 9.90 Å². The van der Waals surface area contributed by atoms with E-state index >= 15 is 0 Å². The zero-order valence-electron chi connectivity index (χ0n) is 11.7. The lowest BCUT2D eigenvalue weighted by Gasteiger charge is -2.24. The normalized spacial score (nSPS) is 25.0. The number of likely N-dealkylation sites (tertiary alicyclic amines) is 1. The van der Waals surface area contributed by atoms with Crippen LogP contribution >= 0.6 is 0 Å². The molecule has 2 aliphatic rings. The molecule has 0 radical (unpaired) electrons. The molecule has 2 atom stereocenters. The number of hydrogen-bond acceptors (Lipinski definition) is 3. The van der Waals surface area contributed by atoms with Crippen LogP contribution in [0.2, 0.25) is 0 Å². The number of nitrogens with one attached hydrogen (secondary N) is 1. The van der Waals surface area contributed by atoms with Crippen molar-refractivity contribution < 1.29 is 9.90 Å². The molecular formula is C17H18N2O2. The maximum atomic E-state index is 11.2. The van der Waals surface area contributed by atoms with E-state index in [0.29, 0.717) is 6.54 Å².